The van der Waals surface area contributed by atoms with Gasteiger partial charge >= 0.3 is 5.97 Å². The SMILES string of the molecule is CCOC(=O)[C@@H]1CCCN(C(=O)c2ccc(Cl)c(-n3c(C)nc4cccnc43)c2)C1. The van der Waals surface area contributed by atoms with Crippen molar-refractivity contribution in [3.8, 4) is 5.69 Å². The molecule has 1 fully saturated rings. The van der Waals surface area contributed by atoms with E-state index in [1.54, 1.807) is 36.2 Å². The molecule has 0 bridgehead atoms. The summed E-state index contributed by atoms with van der Waals surface area (Å²) in [6, 6.07) is 8.91. The molecule has 4 rings (SSSR count). The Balaban J connectivity index is 1.65. The molecule has 1 amide bonds. The maximum absolute atomic E-state index is 13.2. The van der Waals surface area contributed by atoms with Gasteiger partial charge < -0.3 is 9.64 Å². The summed E-state index contributed by atoms with van der Waals surface area (Å²) in [5.41, 5.74) is 2.61. The van der Waals surface area contributed by atoms with E-state index in [4.69, 9.17) is 16.3 Å². The normalized spacial score (nSPS) is 16.6. The molecule has 0 unspecified atom stereocenters. The van der Waals surface area contributed by atoms with Crippen LogP contribution in [0.4, 0.5) is 0 Å². The maximum Gasteiger partial charge on any atom is 0.310 e. The smallest absolute Gasteiger partial charge is 0.310 e. The van der Waals surface area contributed by atoms with Crippen molar-refractivity contribution in [2.24, 2.45) is 5.92 Å². The van der Waals surface area contributed by atoms with Crippen LogP contribution in [0.25, 0.3) is 16.9 Å². The zero-order valence-electron chi connectivity index (χ0n) is 17.0. The minimum atomic E-state index is -0.279. The summed E-state index contributed by atoms with van der Waals surface area (Å²) < 4.78 is 6.99. The third kappa shape index (κ3) is 3.77. The predicted molar refractivity (Wildman–Crippen MR) is 114 cm³/mol. The second-order valence-electron chi connectivity index (χ2n) is 7.35. The Morgan fingerprint density at radius 3 is 2.93 bits per heavy atom. The number of piperidine rings is 1. The standard InChI is InChI=1S/C22H23ClN4O3/c1-3-30-22(29)16-6-5-11-26(13-16)21(28)15-8-9-17(23)19(12-15)27-14(2)25-18-7-4-10-24-20(18)27/h4,7-10,12,16H,3,5-6,11,13H2,1-2H3/t16-/m1/s1. The molecule has 1 aliphatic rings. The van der Waals surface area contributed by atoms with Crippen LogP contribution in [0.2, 0.25) is 5.02 Å². The summed E-state index contributed by atoms with van der Waals surface area (Å²) >= 11 is 6.49. The van der Waals surface area contributed by atoms with Crippen molar-refractivity contribution in [2.75, 3.05) is 19.7 Å². The minimum absolute atomic E-state index is 0.128. The highest BCUT2D eigenvalue weighted by atomic mass is 35.5. The number of pyridine rings is 1. The fourth-order valence-corrected chi connectivity index (χ4v) is 4.13. The van der Waals surface area contributed by atoms with Gasteiger partial charge in [-0.05, 0) is 57.0 Å². The lowest BCUT2D eigenvalue weighted by atomic mass is 9.97. The number of ether oxygens (including phenoxy) is 1. The van der Waals surface area contributed by atoms with Crippen molar-refractivity contribution < 1.29 is 14.3 Å². The van der Waals surface area contributed by atoms with E-state index in [2.05, 4.69) is 9.97 Å². The molecule has 2 aromatic heterocycles. The average molecular weight is 427 g/mol. The Hall–Kier alpha value is -2.93. The van der Waals surface area contributed by atoms with Crippen LogP contribution in [-0.4, -0.2) is 51.0 Å². The van der Waals surface area contributed by atoms with Gasteiger partial charge in [0, 0.05) is 24.8 Å². The summed E-state index contributed by atoms with van der Waals surface area (Å²) in [7, 11) is 0. The quantitative estimate of drug-likeness (QED) is 0.593. The molecule has 1 atom stereocenters. The number of fused-ring (bicyclic) bond motifs is 1. The Morgan fingerprint density at radius 1 is 1.30 bits per heavy atom. The molecule has 0 saturated carbocycles. The van der Waals surface area contributed by atoms with Crippen molar-refractivity contribution >= 4 is 34.6 Å². The van der Waals surface area contributed by atoms with Crippen LogP contribution >= 0.6 is 11.6 Å². The first-order chi connectivity index (χ1) is 14.5. The van der Waals surface area contributed by atoms with E-state index in [9.17, 15) is 9.59 Å². The molecule has 1 aliphatic heterocycles. The van der Waals surface area contributed by atoms with Crippen molar-refractivity contribution in [2.45, 2.75) is 26.7 Å². The highest BCUT2D eigenvalue weighted by Gasteiger charge is 2.30. The lowest BCUT2D eigenvalue weighted by Gasteiger charge is -2.31. The third-order valence-electron chi connectivity index (χ3n) is 5.35. The molecule has 156 valence electrons. The Morgan fingerprint density at radius 2 is 2.13 bits per heavy atom. The number of carbonyl (C=O) groups is 2. The van der Waals surface area contributed by atoms with E-state index < -0.39 is 0 Å². The molecule has 1 aromatic carbocycles. The fourth-order valence-electron chi connectivity index (χ4n) is 3.93. The molecule has 7 nitrogen and oxygen atoms in total. The van der Waals surface area contributed by atoms with Crippen molar-refractivity contribution in [1.82, 2.24) is 19.4 Å². The van der Waals surface area contributed by atoms with Gasteiger partial charge in [-0.1, -0.05) is 11.6 Å². The number of nitrogens with zero attached hydrogens (tertiary/aromatic N) is 4. The van der Waals surface area contributed by atoms with Crippen LogP contribution < -0.4 is 0 Å². The van der Waals surface area contributed by atoms with Crippen LogP contribution in [0, 0.1) is 12.8 Å². The lowest BCUT2D eigenvalue weighted by Crippen LogP contribution is -2.42. The predicted octanol–water partition coefficient (Wildman–Crippen LogP) is 3.80. The first-order valence-corrected chi connectivity index (χ1v) is 10.4. The largest absolute Gasteiger partial charge is 0.466 e. The third-order valence-corrected chi connectivity index (χ3v) is 5.67. The van der Waals surface area contributed by atoms with Crippen LogP contribution in [0.15, 0.2) is 36.5 Å². The number of hydrogen-bond donors (Lipinski definition) is 0. The van der Waals surface area contributed by atoms with Gasteiger partial charge in [0.1, 0.15) is 11.3 Å². The van der Waals surface area contributed by atoms with Crippen molar-refractivity contribution in [3.05, 3.63) is 52.9 Å². The van der Waals surface area contributed by atoms with Gasteiger partial charge in [-0.15, -0.1) is 0 Å². The number of esters is 1. The van der Waals surface area contributed by atoms with Gasteiger partial charge in [-0.2, -0.15) is 0 Å². The number of benzene rings is 1. The molecular formula is C22H23ClN4O3. The average Bonchev–Trinajstić information content (AvgIpc) is 3.09. The Labute approximate surface area is 179 Å². The zero-order valence-corrected chi connectivity index (χ0v) is 17.7. The highest BCUT2D eigenvalue weighted by molar-refractivity contribution is 6.32. The Kier molecular flexibility index (Phi) is 5.72. The fraction of sp³-hybridized carbons (Fsp3) is 0.364. The van der Waals surface area contributed by atoms with Gasteiger partial charge in [0.25, 0.3) is 5.91 Å². The summed E-state index contributed by atoms with van der Waals surface area (Å²) in [5.74, 6) is 0.0873. The van der Waals surface area contributed by atoms with Crippen molar-refractivity contribution in [3.63, 3.8) is 0 Å². The number of carbonyl (C=O) groups excluding carboxylic acids is 2. The minimum Gasteiger partial charge on any atom is -0.466 e. The van der Waals surface area contributed by atoms with E-state index >= 15 is 0 Å². The summed E-state index contributed by atoms with van der Waals surface area (Å²) in [6.45, 7) is 4.98. The number of halogens is 1. The van der Waals surface area contributed by atoms with Crippen LogP contribution in [0.5, 0.6) is 0 Å². The van der Waals surface area contributed by atoms with Crippen LogP contribution in [-0.2, 0) is 9.53 Å². The molecule has 0 spiro atoms. The van der Waals surface area contributed by atoms with Gasteiger partial charge in [-0.3, -0.25) is 14.2 Å². The molecule has 0 aliphatic carbocycles. The molecule has 3 aromatic rings. The number of amides is 1. The number of aryl methyl sites for hydroxylation is 1. The maximum atomic E-state index is 13.2. The molecule has 1 saturated heterocycles. The Bertz CT molecular complexity index is 1110. The molecule has 0 N–H and O–H groups in total. The van der Waals surface area contributed by atoms with E-state index in [-0.39, 0.29) is 17.8 Å². The first kappa shape index (κ1) is 20.3. The highest BCUT2D eigenvalue weighted by Crippen LogP contribution is 2.28. The molecule has 30 heavy (non-hydrogen) atoms. The number of imidazole rings is 1. The van der Waals surface area contributed by atoms with E-state index in [1.165, 1.54) is 0 Å². The first-order valence-electron chi connectivity index (χ1n) is 10.1. The van der Waals surface area contributed by atoms with Gasteiger partial charge in [-0.25, -0.2) is 9.97 Å². The van der Waals surface area contributed by atoms with E-state index in [1.807, 2.05) is 23.6 Å². The zero-order chi connectivity index (χ0) is 21.3. The molecule has 3 heterocycles. The monoisotopic (exact) mass is 426 g/mol. The molecule has 0 radical (unpaired) electrons. The summed E-state index contributed by atoms with van der Waals surface area (Å²) in [5, 5.41) is 0.502. The summed E-state index contributed by atoms with van der Waals surface area (Å²) in [4.78, 5) is 36.0. The number of likely N-dealkylation sites (tertiary alicyclic amines) is 1. The summed E-state index contributed by atoms with van der Waals surface area (Å²) in [6.07, 6.45) is 3.21. The van der Waals surface area contributed by atoms with Gasteiger partial charge in [0.15, 0.2) is 5.65 Å². The van der Waals surface area contributed by atoms with Crippen molar-refractivity contribution in [1.29, 1.82) is 0 Å². The molecule has 8 heteroatoms. The van der Waals surface area contributed by atoms with Crippen LogP contribution in [0.1, 0.15) is 35.9 Å². The van der Waals surface area contributed by atoms with Crippen LogP contribution in [0.3, 0.4) is 0 Å². The van der Waals surface area contributed by atoms with E-state index in [0.717, 1.165) is 24.2 Å². The lowest BCUT2D eigenvalue weighted by molar-refractivity contribution is -0.149. The second-order valence-corrected chi connectivity index (χ2v) is 7.76. The second kappa shape index (κ2) is 8.44. The van der Waals surface area contributed by atoms with Gasteiger partial charge in [0.2, 0.25) is 0 Å². The number of hydrogen-bond acceptors (Lipinski definition) is 5. The molecular weight excluding hydrogens is 404 g/mol. The number of aromatic nitrogens is 3. The van der Waals surface area contributed by atoms with Gasteiger partial charge in [0.05, 0.1) is 23.2 Å². The van der Waals surface area contributed by atoms with E-state index in [0.29, 0.717) is 41.6 Å². The topological polar surface area (TPSA) is 77.3 Å². The number of rotatable bonds is 4.